The van der Waals surface area contributed by atoms with Crippen molar-refractivity contribution in [2.45, 2.75) is 13.8 Å². The number of rotatable bonds is 1. The number of halogens is 1. The van der Waals surface area contributed by atoms with Crippen molar-refractivity contribution in [2.24, 2.45) is 0 Å². The lowest BCUT2D eigenvalue weighted by Gasteiger charge is -2.00. The first-order valence-corrected chi connectivity index (χ1v) is 3.34. The fraction of sp³-hybridized carbons (Fsp3) is 0.250. The van der Waals surface area contributed by atoms with Crippen LogP contribution in [-0.4, -0.2) is 0 Å². The van der Waals surface area contributed by atoms with Gasteiger partial charge in [0, 0.05) is 0 Å². The second kappa shape index (κ2) is 4.21. The van der Waals surface area contributed by atoms with Crippen molar-refractivity contribution in [3.63, 3.8) is 0 Å². The molecule has 0 aliphatic rings. The molecule has 0 unspecified atom stereocenters. The van der Waals surface area contributed by atoms with E-state index in [9.17, 15) is 0 Å². The number of benzene rings is 1. The first-order chi connectivity index (χ1) is 4.74. The van der Waals surface area contributed by atoms with Crippen molar-refractivity contribution in [1.29, 1.82) is 0 Å². The van der Waals surface area contributed by atoms with Gasteiger partial charge in [0.2, 0.25) is 0 Å². The first kappa shape index (κ1) is 10.3. The zero-order chi connectivity index (χ0) is 7.56. The first-order valence-electron chi connectivity index (χ1n) is 3.34. The molecule has 62 valence electrons. The molecule has 0 radical (unpaired) electrons. The number of aryl methyl sites for hydroxylation is 2. The number of hydrogen-bond donors (Lipinski definition) is 2. The summed E-state index contributed by atoms with van der Waals surface area (Å²) >= 11 is 0. The highest BCUT2D eigenvalue weighted by Gasteiger charge is 1.93. The maximum Gasteiger partial charge on any atom is 0.0850 e. The number of quaternary nitrogens is 1. The average molecular weight is 173 g/mol. The van der Waals surface area contributed by atoms with Crippen LogP contribution in [0.25, 0.3) is 0 Å². The highest BCUT2D eigenvalue weighted by Crippen LogP contribution is 2.11. The van der Waals surface area contributed by atoms with Crippen LogP contribution in [0.5, 0.6) is 0 Å². The third-order valence-electron chi connectivity index (χ3n) is 1.71. The lowest BCUT2D eigenvalue weighted by atomic mass is 10.1. The molecule has 2 nitrogen and oxygen atoms in total. The minimum atomic E-state index is 0. The summed E-state index contributed by atoms with van der Waals surface area (Å²) < 4.78 is 0. The summed E-state index contributed by atoms with van der Waals surface area (Å²) in [6.07, 6.45) is 0. The lowest BCUT2D eigenvalue weighted by molar-refractivity contribution is -0.325. The van der Waals surface area contributed by atoms with Gasteiger partial charge < -0.3 is 12.4 Å². The number of hydrogen-bond acceptors (Lipinski definition) is 1. The third kappa shape index (κ3) is 2.41. The van der Waals surface area contributed by atoms with E-state index in [1.165, 1.54) is 11.1 Å². The van der Waals surface area contributed by atoms with Gasteiger partial charge in [-0.05, 0) is 37.1 Å². The van der Waals surface area contributed by atoms with E-state index >= 15 is 0 Å². The highest BCUT2D eigenvalue weighted by atomic mass is 35.5. The van der Waals surface area contributed by atoms with Gasteiger partial charge in [0.05, 0.1) is 5.69 Å². The summed E-state index contributed by atoms with van der Waals surface area (Å²) in [6.45, 7) is 4.19. The quantitative estimate of drug-likeness (QED) is 0.468. The van der Waals surface area contributed by atoms with Crippen LogP contribution in [0.4, 0.5) is 5.69 Å². The molecule has 1 rings (SSSR count). The van der Waals surface area contributed by atoms with Crippen LogP contribution < -0.4 is 23.7 Å². The molecule has 0 aromatic heterocycles. The van der Waals surface area contributed by atoms with Gasteiger partial charge in [0.1, 0.15) is 0 Å². The molecule has 0 aliphatic heterocycles. The molecule has 0 atom stereocenters. The summed E-state index contributed by atoms with van der Waals surface area (Å²) in [6, 6.07) is 6.19. The Morgan fingerprint density at radius 1 is 1.18 bits per heavy atom. The third-order valence-corrected chi connectivity index (χ3v) is 1.71. The monoisotopic (exact) mass is 172 g/mol. The normalized spacial score (nSPS) is 8.64. The van der Waals surface area contributed by atoms with Gasteiger partial charge in [-0.15, -0.1) is 0 Å². The molecule has 1 aromatic rings. The Kier molecular flexibility index (Phi) is 3.93. The van der Waals surface area contributed by atoms with Crippen molar-refractivity contribution in [2.75, 3.05) is 5.43 Å². The van der Waals surface area contributed by atoms with E-state index in [0.29, 0.717) is 0 Å². The largest absolute Gasteiger partial charge is 1.00 e. The van der Waals surface area contributed by atoms with Gasteiger partial charge in [0.25, 0.3) is 0 Å². The summed E-state index contributed by atoms with van der Waals surface area (Å²) in [7, 11) is 0. The summed E-state index contributed by atoms with van der Waals surface area (Å²) in [5.41, 5.74) is 6.54. The van der Waals surface area contributed by atoms with Gasteiger partial charge in [-0.25, -0.2) is 5.43 Å². The van der Waals surface area contributed by atoms with Crippen molar-refractivity contribution in [1.82, 2.24) is 0 Å². The van der Waals surface area contributed by atoms with E-state index in [0.717, 1.165) is 5.69 Å². The van der Waals surface area contributed by atoms with Crippen LogP contribution in [0.3, 0.4) is 0 Å². The van der Waals surface area contributed by atoms with Gasteiger partial charge in [-0.1, -0.05) is 6.07 Å². The van der Waals surface area contributed by atoms with E-state index in [4.69, 9.17) is 0 Å². The Morgan fingerprint density at radius 3 is 2.27 bits per heavy atom. The van der Waals surface area contributed by atoms with Crippen LogP contribution in [0.15, 0.2) is 18.2 Å². The number of nitrogens with one attached hydrogen (secondary N) is 1. The van der Waals surface area contributed by atoms with Gasteiger partial charge in [-0.2, -0.15) is 0 Å². The van der Waals surface area contributed by atoms with Crippen LogP contribution >= 0.6 is 0 Å². The highest BCUT2D eigenvalue weighted by molar-refractivity contribution is 5.45. The van der Waals surface area contributed by atoms with E-state index in [1.807, 2.05) is 6.07 Å². The van der Waals surface area contributed by atoms with Crippen molar-refractivity contribution in [3.8, 4) is 0 Å². The summed E-state index contributed by atoms with van der Waals surface area (Å²) in [5, 5.41) is 0. The minimum absolute atomic E-state index is 0. The fourth-order valence-electron chi connectivity index (χ4n) is 0.851. The summed E-state index contributed by atoms with van der Waals surface area (Å²) in [4.78, 5) is 0. The minimum Gasteiger partial charge on any atom is -1.00 e. The van der Waals surface area contributed by atoms with Crippen molar-refractivity contribution >= 4 is 5.69 Å². The maximum atomic E-state index is 3.58. The molecule has 0 aliphatic carbocycles. The van der Waals surface area contributed by atoms with Crippen LogP contribution in [-0.2, 0) is 0 Å². The molecule has 1 aromatic carbocycles. The maximum absolute atomic E-state index is 3.58. The molecule has 0 saturated carbocycles. The van der Waals surface area contributed by atoms with Crippen LogP contribution in [0.1, 0.15) is 11.1 Å². The van der Waals surface area contributed by atoms with Gasteiger partial charge >= 0.3 is 0 Å². The number of anilines is 1. The standard InChI is InChI=1S/C8H12N2.ClH/c1-6-3-4-8(10-9)5-7(6)2;/h3-5,10H,9H2,1-2H3;1H. The van der Waals surface area contributed by atoms with Crippen molar-refractivity contribution < 1.29 is 18.2 Å². The molecule has 0 amide bonds. The zero-order valence-corrected chi connectivity index (χ0v) is 7.57. The fourth-order valence-corrected chi connectivity index (χ4v) is 0.851. The Morgan fingerprint density at radius 2 is 1.82 bits per heavy atom. The predicted molar refractivity (Wildman–Crippen MR) is 42.4 cm³/mol. The molecule has 11 heavy (non-hydrogen) atoms. The Balaban J connectivity index is 0.000001000. The van der Waals surface area contributed by atoms with E-state index in [1.54, 1.807) is 0 Å². The predicted octanol–water partition coefficient (Wildman–Crippen LogP) is -2.12. The molecule has 0 saturated heterocycles. The molecular weight excluding hydrogens is 160 g/mol. The van der Waals surface area contributed by atoms with Crippen LogP contribution in [0.2, 0.25) is 0 Å². The van der Waals surface area contributed by atoms with E-state index in [2.05, 4.69) is 37.2 Å². The topological polar surface area (TPSA) is 39.7 Å². The molecule has 4 N–H and O–H groups in total. The SMILES string of the molecule is Cc1ccc(N[NH3+])cc1C.[Cl-]. The van der Waals surface area contributed by atoms with E-state index in [-0.39, 0.29) is 12.4 Å². The van der Waals surface area contributed by atoms with E-state index < -0.39 is 0 Å². The second-order valence-corrected chi connectivity index (χ2v) is 2.48. The smallest absolute Gasteiger partial charge is 0.0850 e. The molecule has 0 fully saturated rings. The molecule has 3 heteroatoms. The summed E-state index contributed by atoms with van der Waals surface area (Å²) in [5.74, 6) is 3.58. The Hall–Kier alpha value is -0.730. The molecule has 0 heterocycles. The lowest BCUT2D eigenvalue weighted by Crippen LogP contribution is -3.00. The Labute approximate surface area is 73.2 Å². The zero-order valence-electron chi connectivity index (χ0n) is 6.82. The second-order valence-electron chi connectivity index (χ2n) is 2.48. The van der Waals surface area contributed by atoms with Crippen LogP contribution in [0, 0.1) is 13.8 Å². The average Bonchev–Trinajstić information content (AvgIpc) is 1.95. The van der Waals surface area contributed by atoms with Gasteiger partial charge in [0.15, 0.2) is 0 Å². The molecule has 0 bridgehead atoms. The van der Waals surface area contributed by atoms with Gasteiger partial charge in [-0.3, -0.25) is 5.84 Å². The molecular formula is C8H13ClN2. The Bertz CT molecular complexity index is 236. The van der Waals surface area contributed by atoms with Crippen molar-refractivity contribution in [3.05, 3.63) is 29.3 Å². The molecule has 0 spiro atoms.